The molecule has 0 rings (SSSR count). The van der Waals surface area contributed by atoms with E-state index in [0.29, 0.717) is 6.61 Å². The smallest absolute Gasteiger partial charge is 0.268 e. The van der Waals surface area contributed by atoms with Gasteiger partial charge in [-0.1, -0.05) is 51.9 Å². The van der Waals surface area contributed by atoms with Gasteiger partial charge in [-0.15, -0.1) is 0 Å². The van der Waals surface area contributed by atoms with Gasteiger partial charge in [-0.25, -0.2) is 0 Å². The van der Waals surface area contributed by atoms with Crippen molar-refractivity contribution in [1.82, 2.24) is 0 Å². The molecular weight excluding hydrogens is 236 g/mol. The number of hydrogen-bond donors (Lipinski definition) is 0. The Balaban J connectivity index is 3.10. The molecule has 3 nitrogen and oxygen atoms in total. The molecule has 17 heavy (non-hydrogen) atoms. The van der Waals surface area contributed by atoms with Crippen molar-refractivity contribution in [2.45, 2.75) is 78.2 Å². The van der Waals surface area contributed by atoms with Crippen LogP contribution in [0.15, 0.2) is 0 Å². The Morgan fingerprint density at radius 3 is 2.00 bits per heavy atom. The molecule has 0 spiro atoms. The molecule has 0 radical (unpaired) electrons. The molecule has 1 atom stereocenters. The largest absolute Gasteiger partial charge is 0.304 e. The Hall–Kier alpha value is 0.0700. The van der Waals surface area contributed by atoms with Gasteiger partial charge in [0.25, 0.3) is 0 Å². The summed E-state index contributed by atoms with van der Waals surface area (Å²) >= 11 is -1.56. The summed E-state index contributed by atoms with van der Waals surface area (Å²) in [6, 6.07) is 0. The minimum atomic E-state index is -1.56. The molecule has 0 amide bonds. The van der Waals surface area contributed by atoms with E-state index in [1.807, 2.05) is 13.8 Å². The van der Waals surface area contributed by atoms with Crippen LogP contribution in [0.4, 0.5) is 0 Å². The average molecular weight is 264 g/mol. The first-order chi connectivity index (χ1) is 8.16. The highest BCUT2D eigenvalue weighted by Gasteiger charge is 2.03. The van der Waals surface area contributed by atoms with E-state index in [1.54, 1.807) is 0 Å². The summed E-state index contributed by atoms with van der Waals surface area (Å²) in [5.74, 6) is 0. The lowest BCUT2D eigenvalue weighted by Crippen LogP contribution is -2.09. The fourth-order valence-corrected chi connectivity index (χ4v) is 2.17. The fraction of sp³-hybridized carbons (Fsp3) is 1.00. The molecule has 0 aromatic rings. The fourth-order valence-electron chi connectivity index (χ4n) is 1.55. The molecule has 4 heteroatoms. The molecule has 0 fully saturated rings. The van der Waals surface area contributed by atoms with Gasteiger partial charge in [0.1, 0.15) is 0 Å². The van der Waals surface area contributed by atoms with E-state index >= 15 is 0 Å². The summed E-state index contributed by atoms with van der Waals surface area (Å²) in [5.41, 5.74) is 0. The van der Waals surface area contributed by atoms with Crippen LogP contribution in [0.3, 0.4) is 0 Å². The highest BCUT2D eigenvalue weighted by molar-refractivity contribution is 7.75. The monoisotopic (exact) mass is 264 g/mol. The average Bonchev–Trinajstić information content (AvgIpc) is 2.26. The van der Waals surface area contributed by atoms with E-state index in [4.69, 9.17) is 8.37 Å². The van der Waals surface area contributed by atoms with E-state index in [-0.39, 0.29) is 6.10 Å². The van der Waals surface area contributed by atoms with E-state index in [2.05, 4.69) is 6.92 Å². The summed E-state index contributed by atoms with van der Waals surface area (Å²) in [7, 11) is 0. The van der Waals surface area contributed by atoms with Crippen molar-refractivity contribution in [1.29, 1.82) is 0 Å². The molecule has 1 unspecified atom stereocenters. The molecule has 0 saturated heterocycles. The van der Waals surface area contributed by atoms with E-state index in [9.17, 15) is 4.21 Å². The first-order valence-electron chi connectivity index (χ1n) is 6.89. The molecule has 0 aromatic heterocycles. The zero-order chi connectivity index (χ0) is 12.9. The van der Waals surface area contributed by atoms with Crippen molar-refractivity contribution in [3.63, 3.8) is 0 Å². The first-order valence-corrected chi connectivity index (χ1v) is 7.89. The number of rotatable bonds is 12. The van der Waals surface area contributed by atoms with Crippen LogP contribution in [-0.4, -0.2) is 16.9 Å². The van der Waals surface area contributed by atoms with Gasteiger partial charge in [0.2, 0.25) is 0 Å². The Kier molecular flexibility index (Phi) is 12.6. The molecule has 0 N–H and O–H groups in total. The summed E-state index contributed by atoms with van der Waals surface area (Å²) in [4.78, 5) is 0. The second-order valence-electron chi connectivity index (χ2n) is 4.65. The highest BCUT2D eigenvalue weighted by Crippen LogP contribution is 2.08. The lowest BCUT2D eigenvalue weighted by atomic mass is 10.1. The summed E-state index contributed by atoms with van der Waals surface area (Å²) in [5, 5.41) is 0. The van der Waals surface area contributed by atoms with Gasteiger partial charge in [0, 0.05) is 0 Å². The first kappa shape index (κ1) is 17.1. The predicted octanol–water partition coefficient (Wildman–Crippen LogP) is 4.15. The predicted molar refractivity (Wildman–Crippen MR) is 72.9 cm³/mol. The minimum Gasteiger partial charge on any atom is -0.268 e. The van der Waals surface area contributed by atoms with E-state index in [0.717, 1.165) is 12.8 Å². The molecular formula is C13H28O3S. The zero-order valence-corrected chi connectivity index (χ0v) is 12.4. The van der Waals surface area contributed by atoms with Crippen LogP contribution < -0.4 is 0 Å². The molecule has 0 heterocycles. The van der Waals surface area contributed by atoms with Crippen LogP contribution in [0.5, 0.6) is 0 Å². The summed E-state index contributed by atoms with van der Waals surface area (Å²) < 4.78 is 21.1. The van der Waals surface area contributed by atoms with Gasteiger partial charge in [0.15, 0.2) is 0 Å². The maximum Gasteiger partial charge on any atom is 0.304 e. The molecule has 0 aliphatic rings. The molecule has 0 aliphatic carbocycles. The van der Waals surface area contributed by atoms with Crippen molar-refractivity contribution >= 4 is 11.4 Å². The normalized spacial score (nSPS) is 13.2. The van der Waals surface area contributed by atoms with Crippen LogP contribution in [0.2, 0.25) is 0 Å². The highest BCUT2D eigenvalue weighted by atomic mass is 32.2. The Bertz CT molecular complexity index is 184. The van der Waals surface area contributed by atoms with Gasteiger partial charge in [-0.2, -0.15) is 4.21 Å². The van der Waals surface area contributed by atoms with Crippen LogP contribution in [-0.2, 0) is 19.7 Å². The molecule has 0 aliphatic heterocycles. The van der Waals surface area contributed by atoms with Crippen LogP contribution in [0.1, 0.15) is 72.1 Å². The lowest BCUT2D eigenvalue weighted by Gasteiger charge is -2.06. The SMILES string of the molecule is CCCCCCCCCCOS(=O)OC(C)C. The van der Waals surface area contributed by atoms with Gasteiger partial charge in [-0.05, 0) is 20.3 Å². The van der Waals surface area contributed by atoms with Gasteiger partial charge < -0.3 is 0 Å². The quantitative estimate of drug-likeness (QED) is 0.497. The molecule has 104 valence electrons. The van der Waals surface area contributed by atoms with Gasteiger partial charge >= 0.3 is 11.4 Å². The van der Waals surface area contributed by atoms with Crippen LogP contribution >= 0.6 is 0 Å². The van der Waals surface area contributed by atoms with Crippen molar-refractivity contribution in [2.75, 3.05) is 6.61 Å². The third-order valence-corrected chi connectivity index (χ3v) is 3.35. The second-order valence-corrected chi connectivity index (χ2v) is 5.48. The van der Waals surface area contributed by atoms with Crippen molar-refractivity contribution in [3.05, 3.63) is 0 Å². The van der Waals surface area contributed by atoms with E-state index in [1.165, 1.54) is 38.5 Å². The van der Waals surface area contributed by atoms with Gasteiger partial charge in [0.05, 0.1) is 12.7 Å². The second kappa shape index (κ2) is 12.5. The topological polar surface area (TPSA) is 35.5 Å². The Morgan fingerprint density at radius 1 is 0.941 bits per heavy atom. The Labute approximate surface area is 109 Å². The van der Waals surface area contributed by atoms with Crippen molar-refractivity contribution in [3.8, 4) is 0 Å². The molecule has 0 saturated carbocycles. The maximum absolute atomic E-state index is 11.1. The summed E-state index contributed by atoms with van der Waals surface area (Å²) in [6.45, 7) is 6.46. The lowest BCUT2D eigenvalue weighted by molar-refractivity contribution is 0.205. The van der Waals surface area contributed by atoms with Crippen molar-refractivity contribution in [2.24, 2.45) is 0 Å². The zero-order valence-electron chi connectivity index (χ0n) is 11.6. The van der Waals surface area contributed by atoms with Crippen LogP contribution in [0.25, 0.3) is 0 Å². The Morgan fingerprint density at radius 2 is 1.47 bits per heavy atom. The molecule has 0 bridgehead atoms. The van der Waals surface area contributed by atoms with Gasteiger partial charge in [-0.3, -0.25) is 8.37 Å². The van der Waals surface area contributed by atoms with Crippen LogP contribution in [0, 0.1) is 0 Å². The number of hydrogen-bond acceptors (Lipinski definition) is 3. The van der Waals surface area contributed by atoms with Crippen molar-refractivity contribution < 1.29 is 12.6 Å². The third-order valence-electron chi connectivity index (χ3n) is 2.45. The number of unbranched alkanes of at least 4 members (excludes halogenated alkanes) is 7. The van der Waals surface area contributed by atoms with E-state index < -0.39 is 11.4 Å². The maximum atomic E-state index is 11.1. The molecule has 0 aromatic carbocycles. The minimum absolute atomic E-state index is 0.0469. The standard InChI is InChI=1S/C13H28O3S/c1-4-5-6-7-8-9-10-11-12-15-17(14)16-13(2)3/h13H,4-12H2,1-3H3. The summed E-state index contributed by atoms with van der Waals surface area (Å²) in [6.07, 6.45) is 10.0. The third kappa shape index (κ3) is 14.0.